The summed E-state index contributed by atoms with van der Waals surface area (Å²) in [6.45, 7) is 1.85. The maximum Gasteiger partial charge on any atom is 0.253 e. The lowest BCUT2D eigenvalue weighted by atomic mass is 10.1. The zero-order valence-corrected chi connectivity index (χ0v) is 12.5. The number of hydrogen-bond acceptors (Lipinski definition) is 3. The maximum absolute atomic E-state index is 12.9. The first-order chi connectivity index (χ1) is 11.1. The SMILES string of the molecule is CC(NC(=O)c1ccc(-n2ccnc2)nc1)c1ccc(F)cc1. The quantitative estimate of drug-likeness (QED) is 0.806. The molecule has 2 heterocycles. The second-order valence-electron chi connectivity index (χ2n) is 5.12. The Bertz CT molecular complexity index is 782. The number of carbonyl (C=O) groups is 1. The van der Waals surface area contributed by atoms with Gasteiger partial charge >= 0.3 is 0 Å². The molecule has 2 aromatic heterocycles. The average Bonchev–Trinajstić information content (AvgIpc) is 3.10. The molecule has 0 radical (unpaired) electrons. The molecule has 1 unspecified atom stereocenters. The summed E-state index contributed by atoms with van der Waals surface area (Å²) in [4.78, 5) is 20.4. The monoisotopic (exact) mass is 310 g/mol. The summed E-state index contributed by atoms with van der Waals surface area (Å²) in [7, 11) is 0. The smallest absolute Gasteiger partial charge is 0.253 e. The van der Waals surface area contributed by atoms with Gasteiger partial charge in [0.1, 0.15) is 18.0 Å². The van der Waals surface area contributed by atoms with Crippen LogP contribution in [0, 0.1) is 5.82 Å². The van der Waals surface area contributed by atoms with Crippen LogP contribution >= 0.6 is 0 Å². The standard InChI is InChI=1S/C17H15FN4O/c1-12(13-2-5-15(18)6-3-13)21-17(23)14-4-7-16(20-10-14)22-9-8-19-11-22/h2-12H,1H3,(H,21,23). The molecular formula is C17H15FN4O. The zero-order chi connectivity index (χ0) is 16.2. The minimum Gasteiger partial charge on any atom is -0.345 e. The van der Waals surface area contributed by atoms with Gasteiger partial charge in [0.05, 0.1) is 11.6 Å². The van der Waals surface area contributed by atoms with Crippen molar-refractivity contribution in [3.63, 3.8) is 0 Å². The average molecular weight is 310 g/mol. The first-order valence-electron chi connectivity index (χ1n) is 7.14. The minimum atomic E-state index is -0.299. The highest BCUT2D eigenvalue weighted by atomic mass is 19.1. The molecule has 1 N–H and O–H groups in total. The molecule has 0 bridgehead atoms. The fraction of sp³-hybridized carbons (Fsp3) is 0.118. The molecule has 0 aliphatic rings. The molecule has 3 aromatic rings. The van der Waals surface area contributed by atoms with Gasteiger partial charge in [0.2, 0.25) is 0 Å². The molecule has 0 spiro atoms. The van der Waals surface area contributed by atoms with E-state index in [1.54, 1.807) is 47.6 Å². The van der Waals surface area contributed by atoms with E-state index in [1.807, 2.05) is 6.92 Å². The Morgan fingerprint density at radius 2 is 2.00 bits per heavy atom. The van der Waals surface area contributed by atoms with Crippen LogP contribution in [0.25, 0.3) is 5.82 Å². The molecule has 0 fully saturated rings. The van der Waals surface area contributed by atoms with E-state index >= 15 is 0 Å². The van der Waals surface area contributed by atoms with Gasteiger partial charge in [-0.1, -0.05) is 12.1 Å². The molecule has 0 saturated carbocycles. The molecule has 1 amide bonds. The van der Waals surface area contributed by atoms with Crippen molar-refractivity contribution in [2.24, 2.45) is 0 Å². The Morgan fingerprint density at radius 1 is 1.22 bits per heavy atom. The Balaban J connectivity index is 1.69. The number of imidazole rings is 1. The lowest BCUT2D eigenvalue weighted by Gasteiger charge is -2.14. The van der Waals surface area contributed by atoms with Crippen molar-refractivity contribution in [3.05, 3.63) is 78.3 Å². The van der Waals surface area contributed by atoms with Crippen molar-refractivity contribution < 1.29 is 9.18 Å². The molecule has 5 nitrogen and oxygen atoms in total. The van der Waals surface area contributed by atoms with Crippen LogP contribution in [0.2, 0.25) is 0 Å². The number of amides is 1. The number of aromatic nitrogens is 3. The lowest BCUT2D eigenvalue weighted by molar-refractivity contribution is 0.0939. The second-order valence-corrected chi connectivity index (χ2v) is 5.12. The summed E-state index contributed by atoms with van der Waals surface area (Å²) >= 11 is 0. The number of hydrogen-bond donors (Lipinski definition) is 1. The highest BCUT2D eigenvalue weighted by molar-refractivity contribution is 5.94. The normalized spacial score (nSPS) is 11.9. The molecule has 3 rings (SSSR count). The van der Waals surface area contributed by atoms with Crippen LogP contribution in [-0.2, 0) is 0 Å². The predicted octanol–water partition coefficient (Wildman–Crippen LogP) is 2.90. The number of rotatable bonds is 4. The fourth-order valence-electron chi connectivity index (χ4n) is 2.18. The van der Waals surface area contributed by atoms with E-state index < -0.39 is 0 Å². The number of benzene rings is 1. The van der Waals surface area contributed by atoms with Crippen LogP contribution < -0.4 is 5.32 Å². The molecule has 1 atom stereocenters. The van der Waals surface area contributed by atoms with E-state index in [9.17, 15) is 9.18 Å². The third-order valence-electron chi connectivity index (χ3n) is 3.50. The summed E-state index contributed by atoms with van der Waals surface area (Å²) in [6, 6.07) is 9.28. The molecule has 116 valence electrons. The third-order valence-corrected chi connectivity index (χ3v) is 3.50. The van der Waals surface area contributed by atoms with Gasteiger partial charge in [-0.2, -0.15) is 0 Å². The van der Waals surface area contributed by atoms with Crippen molar-refractivity contribution in [3.8, 4) is 5.82 Å². The van der Waals surface area contributed by atoms with Gasteiger partial charge in [0.15, 0.2) is 0 Å². The van der Waals surface area contributed by atoms with Gasteiger partial charge < -0.3 is 5.32 Å². The van der Waals surface area contributed by atoms with Crippen molar-refractivity contribution in [2.75, 3.05) is 0 Å². The van der Waals surface area contributed by atoms with Crippen LogP contribution in [-0.4, -0.2) is 20.4 Å². The highest BCUT2D eigenvalue weighted by Gasteiger charge is 2.12. The number of carbonyl (C=O) groups excluding carboxylic acids is 1. The first-order valence-corrected chi connectivity index (χ1v) is 7.14. The third kappa shape index (κ3) is 3.42. The van der Waals surface area contributed by atoms with Crippen LogP contribution in [0.4, 0.5) is 4.39 Å². The van der Waals surface area contributed by atoms with Gasteiger partial charge in [-0.3, -0.25) is 9.36 Å². The summed E-state index contributed by atoms with van der Waals surface area (Å²) in [5.41, 5.74) is 1.30. The topological polar surface area (TPSA) is 59.8 Å². The Labute approximate surface area is 132 Å². The molecule has 0 aliphatic heterocycles. The van der Waals surface area contributed by atoms with E-state index in [2.05, 4.69) is 15.3 Å². The molecular weight excluding hydrogens is 295 g/mol. The molecule has 6 heteroatoms. The van der Waals surface area contributed by atoms with E-state index in [1.165, 1.54) is 18.3 Å². The van der Waals surface area contributed by atoms with Crippen LogP contribution in [0.3, 0.4) is 0 Å². The predicted molar refractivity (Wildman–Crippen MR) is 83.6 cm³/mol. The minimum absolute atomic E-state index is 0.226. The Kier molecular flexibility index (Phi) is 4.14. The number of nitrogens with one attached hydrogen (secondary N) is 1. The fourth-order valence-corrected chi connectivity index (χ4v) is 2.18. The van der Waals surface area contributed by atoms with E-state index in [0.29, 0.717) is 11.4 Å². The zero-order valence-electron chi connectivity index (χ0n) is 12.5. The molecule has 1 aromatic carbocycles. The molecule has 0 saturated heterocycles. The lowest BCUT2D eigenvalue weighted by Crippen LogP contribution is -2.26. The summed E-state index contributed by atoms with van der Waals surface area (Å²) in [5.74, 6) is 0.156. The Morgan fingerprint density at radius 3 is 2.61 bits per heavy atom. The number of pyridine rings is 1. The van der Waals surface area contributed by atoms with Crippen molar-refractivity contribution in [2.45, 2.75) is 13.0 Å². The van der Waals surface area contributed by atoms with Gasteiger partial charge in [0, 0.05) is 18.6 Å². The number of halogens is 1. The Hall–Kier alpha value is -3.02. The largest absolute Gasteiger partial charge is 0.345 e. The summed E-state index contributed by atoms with van der Waals surface area (Å²) < 4.78 is 14.7. The maximum atomic E-state index is 12.9. The van der Waals surface area contributed by atoms with Gasteiger partial charge in [0.25, 0.3) is 5.91 Å². The first kappa shape index (κ1) is 14.9. The van der Waals surface area contributed by atoms with Crippen LogP contribution in [0.1, 0.15) is 28.9 Å². The van der Waals surface area contributed by atoms with Crippen LogP contribution in [0.15, 0.2) is 61.3 Å². The summed E-state index contributed by atoms with van der Waals surface area (Å²) in [6.07, 6.45) is 6.59. The van der Waals surface area contributed by atoms with Crippen molar-refractivity contribution in [1.82, 2.24) is 19.9 Å². The highest BCUT2D eigenvalue weighted by Crippen LogP contribution is 2.14. The van der Waals surface area contributed by atoms with Gasteiger partial charge in [-0.15, -0.1) is 0 Å². The van der Waals surface area contributed by atoms with Crippen LogP contribution in [0.5, 0.6) is 0 Å². The second kappa shape index (κ2) is 6.39. The van der Waals surface area contributed by atoms with E-state index in [4.69, 9.17) is 0 Å². The molecule has 23 heavy (non-hydrogen) atoms. The number of nitrogens with zero attached hydrogens (tertiary/aromatic N) is 3. The molecule has 0 aliphatic carbocycles. The van der Waals surface area contributed by atoms with Crippen molar-refractivity contribution >= 4 is 5.91 Å². The van der Waals surface area contributed by atoms with Crippen molar-refractivity contribution in [1.29, 1.82) is 0 Å². The van der Waals surface area contributed by atoms with Gasteiger partial charge in [-0.05, 0) is 36.8 Å². The van der Waals surface area contributed by atoms with E-state index in [-0.39, 0.29) is 17.8 Å². The van der Waals surface area contributed by atoms with E-state index in [0.717, 1.165) is 5.56 Å². The summed E-state index contributed by atoms with van der Waals surface area (Å²) in [5, 5.41) is 2.87. The van der Waals surface area contributed by atoms with Gasteiger partial charge in [-0.25, -0.2) is 14.4 Å².